The van der Waals surface area contributed by atoms with Gasteiger partial charge in [0.1, 0.15) is 5.52 Å². The summed E-state index contributed by atoms with van der Waals surface area (Å²) in [6.07, 6.45) is 1.09. The van der Waals surface area contributed by atoms with Gasteiger partial charge in [-0.2, -0.15) is 0 Å². The third-order valence-electron chi connectivity index (χ3n) is 4.97. The van der Waals surface area contributed by atoms with Crippen molar-refractivity contribution in [2.24, 2.45) is 0 Å². The normalized spacial score (nSPS) is 11.8. The van der Waals surface area contributed by atoms with Gasteiger partial charge in [0.25, 0.3) is 5.91 Å². The van der Waals surface area contributed by atoms with E-state index in [1.54, 1.807) is 17.8 Å². The number of hydrogen-bond donors (Lipinski definition) is 1. The molecule has 0 saturated heterocycles. The minimum atomic E-state index is -3.41. The molecular formula is C22H16ClN5O3S3. The van der Waals surface area contributed by atoms with Gasteiger partial charge in [-0.1, -0.05) is 40.7 Å². The van der Waals surface area contributed by atoms with Gasteiger partial charge in [0.15, 0.2) is 14.2 Å². The highest BCUT2D eigenvalue weighted by Crippen LogP contribution is 2.32. The Bertz CT molecular complexity index is 1660. The Morgan fingerprint density at radius 2 is 1.94 bits per heavy atom. The Labute approximate surface area is 207 Å². The predicted molar refractivity (Wildman–Crippen MR) is 136 cm³/mol. The molecule has 3 aromatic carbocycles. The van der Waals surface area contributed by atoms with Crippen LogP contribution >= 0.6 is 34.7 Å². The summed E-state index contributed by atoms with van der Waals surface area (Å²) in [5.41, 5.74) is 3.41. The molecule has 0 bridgehead atoms. The fourth-order valence-corrected chi connectivity index (χ4v) is 6.25. The van der Waals surface area contributed by atoms with Crippen molar-refractivity contribution in [2.75, 3.05) is 11.6 Å². The van der Waals surface area contributed by atoms with Crippen molar-refractivity contribution in [1.29, 1.82) is 0 Å². The minimum Gasteiger partial charge on any atom is -0.322 e. The molecule has 0 aliphatic carbocycles. The summed E-state index contributed by atoms with van der Waals surface area (Å²) in [5.74, 6) is 0.146. The first-order valence-corrected chi connectivity index (χ1v) is 14.0. The van der Waals surface area contributed by atoms with Crippen molar-refractivity contribution in [3.8, 4) is 0 Å². The van der Waals surface area contributed by atoms with Crippen molar-refractivity contribution < 1.29 is 13.2 Å². The Morgan fingerprint density at radius 1 is 1.12 bits per heavy atom. The first-order chi connectivity index (χ1) is 16.3. The third kappa shape index (κ3) is 4.64. The van der Waals surface area contributed by atoms with Crippen LogP contribution in [0.4, 0.5) is 5.69 Å². The summed E-state index contributed by atoms with van der Waals surface area (Å²) >= 11 is 9.23. The van der Waals surface area contributed by atoms with Crippen LogP contribution in [0, 0.1) is 0 Å². The molecule has 0 fully saturated rings. The highest BCUT2D eigenvalue weighted by atomic mass is 35.5. The van der Waals surface area contributed by atoms with Crippen LogP contribution in [0.3, 0.4) is 0 Å². The summed E-state index contributed by atoms with van der Waals surface area (Å²) in [7, 11) is -3.41. The Balaban J connectivity index is 1.31. The van der Waals surface area contributed by atoms with E-state index in [1.807, 2.05) is 41.1 Å². The summed E-state index contributed by atoms with van der Waals surface area (Å²) in [6.45, 7) is 0. The number of carbonyl (C=O) groups is 1. The number of para-hydroxylation sites is 1. The van der Waals surface area contributed by atoms with Crippen LogP contribution in [-0.2, 0) is 15.7 Å². The van der Waals surface area contributed by atoms with Gasteiger partial charge < -0.3 is 5.32 Å². The molecule has 5 aromatic rings. The summed E-state index contributed by atoms with van der Waals surface area (Å²) in [6, 6.07) is 17.3. The van der Waals surface area contributed by atoms with E-state index < -0.39 is 15.7 Å². The third-order valence-corrected chi connectivity index (χ3v) is 8.52. The first-order valence-electron chi connectivity index (χ1n) is 9.90. The van der Waals surface area contributed by atoms with Gasteiger partial charge in [-0.3, -0.25) is 4.79 Å². The van der Waals surface area contributed by atoms with E-state index in [0.29, 0.717) is 11.6 Å². The molecule has 0 atom stereocenters. The second-order valence-corrected chi connectivity index (χ2v) is 12.0. The zero-order valence-electron chi connectivity index (χ0n) is 17.6. The number of amides is 1. The molecule has 172 valence electrons. The number of thiazole rings is 1. The van der Waals surface area contributed by atoms with E-state index in [1.165, 1.54) is 29.5 Å². The molecule has 12 heteroatoms. The SMILES string of the molecule is CS(=O)(=O)c1ccc(C(=O)Nc2ccc3nc(SCn4nnc5ccccc54)sc3c2)c(Cl)c1. The predicted octanol–water partition coefficient (Wildman–Crippen LogP) is 5.10. The van der Waals surface area contributed by atoms with Crippen LogP contribution < -0.4 is 5.32 Å². The topological polar surface area (TPSA) is 107 Å². The van der Waals surface area contributed by atoms with E-state index in [4.69, 9.17) is 11.6 Å². The molecule has 1 amide bonds. The van der Waals surface area contributed by atoms with Crippen molar-refractivity contribution >= 4 is 77.4 Å². The highest BCUT2D eigenvalue weighted by molar-refractivity contribution is 8.00. The van der Waals surface area contributed by atoms with E-state index in [2.05, 4.69) is 20.6 Å². The van der Waals surface area contributed by atoms with Crippen molar-refractivity contribution in [1.82, 2.24) is 20.0 Å². The lowest BCUT2D eigenvalue weighted by Crippen LogP contribution is -2.12. The number of halogens is 1. The number of nitrogens with one attached hydrogen (secondary N) is 1. The lowest BCUT2D eigenvalue weighted by molar-refractivity contribution is 0.102. The average Bonchev–Trinajstić information content (AvgIpc) is 3.40. The molecule has 2 aromatic heterocycles. The Kier molecular flexibility index (Phi) is 6.02. The van der Waals surface area contributed by atoms with Crippen LogP contribution in [0.25, 0.3) is 21.3 Å². The second-order valence-electron chi connectivity index (χ2n) is 7.38. The van der Waals surface area contributed by atoms with Gasteiger partial charge in [-0.25, -0.2) is 18.1 Å². The van der Waals surface area contributed by atoms with Gasteiger partial charge >= 0.3 is 0 Å². The molecular weight excluding hydrogens is 514 g/mol. The molecule has 0 saturated carbocycles. The highest BCUT2D eigenvalue weighted by Gasteiger charge is 2.16. The molecule has 1 N–H and O–H groups in total. The number of benzene rings is 3. The number of anilines is 1. The summed E-state index contributed by atoms with van der Waals surface area (Å²) in [4.78, 5) is 17.4. The first kappa shape index (κ1) is 22.8. The van der Waals surface area contributed by atoms with Crippen molar-refractivity contribution in [3.05, 3.63) is 71.2 Å². The number of hydrogen-bond acceptors (Lipinski definition) is 8. The molecule has 0 radical (unpaired) electrons. The molecule has 0 aliphatic heterocycles. The summed E-state index contributed by atoms with van der Waals surface area (Å²) in [5, 5.41) is 11.2. The van der Waals surface area contributed by atoms with E-state index >= 15 is 0 Å². The van der Waals surface area contributed by atoms with Gasteiger partial charge in [-0.15, -0.1) is 16.4 Å². The molecule has 0 unspecified atom stereocenters. The number of aromatic nitrogens is 4. The quantitative estimate of drug-likeness (QED) is 0.305. The van der Waals surface area contributed by atoms with Crippen LogP contribution in [0.1, 0.15) is 10.4 Å². The zero-order valence-corrected chi connectivity index (χ0v) is 20.8. The van der Waals surface area contributed by atoms with Crippen molar-refractivity contribution in [3.63, 3.8) is 0 Å². The molecule has 5 rings (SSSR count). The maximum absolute atomic E-state index is 12.7. The molecule has 2 heterocycles. The molecule has 8 nitrogen and oxygen atoms in total. The lowest BCUT2D eigenvalue weighted by Gasteiger charge is -2.08. The molecule has 0 spiro atoms. The maximum atomic E-state index is 12.7. The van der Waals surface area contributed by atoms with E-state index in [9.17, 15) is 13.2 Å². The number of fused-ring (bicyclic) bond motifs is 2. The molecule has 0 aliphatic rings. The van der Waals surface area contributed by atoms with E-state index in [0.717, 1.165) is 31.8 Å². The van der Waals surface area contributed by atoms with Gasteiger partial charge in [-0.05, 0) is 48.5 Å². The van der Waals surface area contributed by atoms with Gasteiger partial charge in [0, 0.05) is 11.9 Å². The number of carbonyl (C=O) groups excluding carboxylic acids is 1. The zero-order chi connectivity index (χ0) is 23.9. The largest absolute Gasteiger partial charge is 0.322 e. The standard InChI is InChI=1S/C22H16ClN5O3S3/c1-34(30,31)14-7-8-15(16(23)11-14)21(29)24-13-6-9-18-20(10-13)33-22(25-18)32-12-28-19-5-3-2-4-17(19)26-27-28/h2-11H,12H2,1H3,(H,24,29). The monoisotopic (exact) mass is 529 g/mol. The number of sulfone groups is 1. The molecule has 34 heavy (non-hydrogen) atoms. The minimum absolute atomic E-state index is 0.0593. The number of rotatable bonds is 6. The average molecular weight is 530 g/mol. The Hall–Kier alpha value is -2.99. The Morgan fingerprint density at radius 3 is 2.74 bits per heavy atom. The van der Waals surface area contributed by atoms with E-state index in [-0.39, 0.29) is 15.5 Å². The second kappa shape index (κ2) is 8.99. The fraction of sp³-hybridized carbons (Fsp3) is 0.0909. The maximum Gasteiger partial charge on any atom is 0.257 e. The van der Waals surface area contributed by atoms with Gasteiger partial charge in [0.05, 0.1) is 37.1 Å². The lowest BCUT2D eigenvalue weighted by atomic mass is 10.2. The van der Waals surface area contributed by atoms with Crippen LogP contribution in [0.5, 0.6) is 0 Å². The fourth-order valence-electron chi connectivity index (χ4n) is 3.28. The number of thioether (sulfide) groups is 1. The smallest absolute Gasteiger partial charge is 0.257 e. The number of nitrogens with zero attached hydrogens (tertiary/aromatic N) is 4. The van der Waals surface area contributed by atoms with Crippen LogP contribution in [-0.4, -0.2) is 40.6 Å². The summed E-state index contributed by atoms with van der Waals surface area (Å²) < 4.78 is 27.0. The van der Waals surface area contributed by atoms with Crippen molar-refractivity contribution in [2.45, 2.75) is 15.1 Å². The van der Waals surface area contributed by atoms with Crippen LogP contribution in [0.2, 0.25) is 5.02 Å². The van der Waals surface area contributed by atoms with Crippen LogP contribution in [0.15, 0.2) is 69.9 Å². The van der Waals surface area contributed by atoms with Gasteiger partial charge in [0.2, 0.25) is 0 Å².